The Bertz CT molecular complexity index is 463. The molecule has 0 saturated carbocycles. The summed E-state index contributed by atoms with van der Waals surface area (Å²) in [5.41, 5.74) is 7.72. The van der Waals surface area contributed by atoms with Crippen LogP contribution in [0.25, 0.3) is 0 Å². The van der Waals surface area contributed by atoms with Gasteiger partial charge in [-0.05, 0) is 24.6 Å². The second kappa shape index (κ2) is 7.76. The Labute approximate surface area is 119 Å². The molecule has 1 aromatic rings. The molecule has 0 fully saturated rings. The molecule has 1 aromatic carbocycles. The van der Waals surface area contributed by atoms with Gasteiger partial charge in [-0.15, -0.1) is 12.4 Å². The quantitative estimate of drug-likeness (QED) is 0.790. The van der Waals surface area contributed by atoms with Crippen LogP contribution in [0.5, 0.6) is 0 Å². The molecule has 4 N–H and O–H groups in total. The number of carbonyl (C=O) groups excluding carboxylic acids is 2. The molecule has 0 spiro atoms. The molecule has 1 rings (SSSR count). The van der Waals surface area contributed by atoms with Crippen molar-refractivity contribution in [3.8, 4) is 0 Å². The molecule has 0 aliphatic heterocycles. The third kappa shape index (κ3) is 5.28. The molecule has 0 aliphatic carbocycles. The Kier molecular flexibility index (Phi) is 7.11. The number of carbonyl (C=O) groups is 2. The third-order valence-corrected chi connectivity index (χ3v) is 2.62. The lowest BCUT2D eigenvalue weighted by molar-refractivity contribution is -0.119. The highest BCUT2D eigenvalue weighted by molar-refractivity contribution is 5.95. The topological polar surface area (TPSA) is 84.2 Å². The molecule has 0 radical (unpaired) electrons. The molecule has 0 aliphatic rings. The van der Waals surface area contributed by atoms with Gasteiger partial charge < -0.3 is 16.4 Å². The highest BCUT2D eigenvalue weighted by Gasteiger charge is 2.12. The molecule has 19 heavy (non-hydrogen) atoms. The zero-order chi connectivity index (χ0) is 13.7. The summed E-state index contributed by atoms with van der Waals surface area (Å²) in [7, 11) is 0. The van der Waals surface area contributed by atoms with Gasteiger partial charge in [-0.3, -0.25) is 9.59 Å². The van der Waals surface area contributed by atoms with Crippen LogP contribution in [0.2, 0.25) is 0 Å². The van der Waals surface area contributed by atoms with E-state index >= 15 is 0 Å². The van der Waals surface area contributed by atoms with Crippen LogP contribution in [0.3, 0.4) is 0 Å². The van der Waals surface area contributed by atoms with Crippen molar-refractivity contribution in [2.24, 2.45) is 11.7 Å². The first-order chi connectivity index (χ1) is 8.43. The van der Waals surface area contributed by atoms with E-state index in [1.165, 1.54) is 6.92 Å². The van der Waals surface area contributed by atoms with Crippen LogP contribution in [0, 0.1) is 12.8 Å². The largest absolute Gasteiger partial charge is 0.330 e. The van der Waals surface area contributed by atoms with Gasteiger partial charge in [-0.1, -0.05) is 13.0 Å². The predicted molar refractivity (Wildman–Crippen MR) is 79.6 cm³/mol. The van der Waals surface area contributed by atoms with E-state index in [9.17, 15) is 9.59 Å². The Morgan fingerprint density at radius 1 is 1.32 bits per heavy atom. The first-order valence-electron chi connectivity index (χ1n) is 5.83. The Morgan fingerprint density at radius 2 is 1.95 bits per heavy atom. The fourth-order valence-corrected chi connectivity index (χ4v) is 1.40. The number of rotatable bonds is 4. The number of anilines is 2. The second-order valence-electron chi connectivity index (χ2n) is 4.34. The molecule has 0 aromatic heterocycles. The van der Waals surface area contributed by atoms with Crippen molar-refractivity contribution in [2.75, 3.05) is 17.2 Å². The van der Waals surface area contributed by atoms with E-state index in [0.717, 1.165) is 5.56 Å². The van der Waals surface area contributed by atoms with Crippen LogP contribution < -0.4 is 16.4 Å². The van der Waals surface area contributed by atoms with E-state index in [2.05, 4.69) is 10.6 Å². The first kappa shape index (κ1) is 17.4. The van der Waals surface area contributed by atoms with Gasteiger partial charge in [0.25, 0.3) is 0 Å². The first-order valence-corrected chi connectivity index (χ1v) is 5.83. The molecule has 6 heteroatoms. The normalized spacial score (nSPS) is 11.2. The van der Waals surface area contributed by atoms with Gasteiger partial charge in [-0.25, -0.2) is 0 Å². The van der Waals surface area contributed by atoms with Crippen molar-refractivity contribution in [1.29, 1.82) is 0 Å². The average Bonchev–Trinajstić information content (AvgIpc) is 2.31. The van der Waals surface area contributed by atoms with E-state index in [1.54, 1.807) is 19.1 Å². The minimum Gasteiger partial charge on any atom is -0.330 e. The summed E-state index contributed by atoms with van der Waals surface area (Å²) in [6.07, 6.45) is 0. The fraction of sp³-hybridized carbons (Fsp3) is 0.385. The van der Waals surface area contributed by atoms with Crippen LogP contribution in [0.4, 0.5) is 11.4 Å². The molecule has 0 bridgehead atoms. The van der Waals surface area contributed by atoms with E-state index < -0.39 is 0 Å². The molecule has 1 unspecified atom stereocenters. The fourth-order valence-electron chi connectivity index (χ4n) is 1.40. The van der Waals surface area contributed by atoms with Crippen molar-refractivity contribution in [3.05, 3.63) is 23.8 Å². The summed E-state index contributed by atoms with van der Waals surface area (Å²) in [6, 6.07) is 5.37. The van der Waals surface area contributed by atoms with Gasteiger partial charge in [-0.2, -0.15) is 0 Å². The minimum atomic E-state index is -0.242. The number of aryl methyl sites for hydroxylation is 1. The zero-order valence-corrected chi connectivity index (χ0v) is 12.1. The van der Waals surface area contributed by atoms with Crippen LogP contribution in [-0.4, -0.2) is 18.4 Å². The van der Waals surface area contributed by atoms with Crippen LogP contribution >= 0.6 is 12.4 Å². The SMILES string of the molecule is CC(=O)Nc1ccc(C)c(NC(=O)C(C)CN)c1.Cl. The van der Waals surface area contributed by atoms with E-state index in [0.29, 0.717) is 17.9 Å². The number of benzene rings is 1. The summed E-state index contributed by atoms with van der Waals surface area (Å²) in [5.74, 6) is -0.513. The average molecular weight is 286 g/mol. The minimum absolute atomic E-state index is 0. The maximum Gasteiger partial charge on any atom is 0.228 e. The summed E-state index contributed by atoms with van der Waals surface area (Å²) in [6.45, 7) is 5.40. The molecule has 106 valence electrons. The van der Waals surface area contributed by atoms with Gasteiger partial charge in [0.05, 0.1) is 0 Å². The second-order valence-corrected chi connectivity index (χ2v) is 4.34. The molecular weight excluding hydrogens is 266 g/mol. The van der Waals surface area contributed by atoms with Gasteiger partial charge >= 0.3 is 0 Å². The number of hydrogen-bond donors (Lipinski definition) is 3. The highest BCUT2D eigenvalue weighted by Crippen LogP contribution is 2.20. The summed E-state index contributed by atoms with van der Waals surface area (Å²) in [5, 5.41) is 5.48. The number of hydrogen-bond acceptors (Lipinski definition) is 3. The van der Waals surface area contributed by atoms with Crippen molar-refractivity contribution < 1.29 is 9.59 Å². The van der Waals surface area contributed by atoms with E-state index in [4.69, 9.17) is 5.73 Å². The lowest BCUT2D eigenvalue weighted by atomic mass is 10.1. The Hall–Kier alpha value is -1.59. The van der Waals surface area contributed by atoms with Crippen molar-refractivity contribution in [3.63, 3.8) is 0 Å². The number of amides is 2. The van der Waals surface area contributed by atoms with Crippen molar-refractivity contribution >= 4 is 35.6 Å². The molecule has 5 nitrogen and oxygen atoms in total. The van der Waals surface area contributed by atoms with E-state index in [1.807, 2.05) is 13.0 Å². The number of halogens is 1. The van der Waals surface area contributed by atoms with Gasteiger partial charge in [0.1, 0.15) is 0 Å². The Balaban J connectivity index is 0.00000324. The Morgan fingerprint density at radius 3 is 2.47 bits per heavy atom. The van der Waals surface area contributed by atoms with Gasteiger partial charge in [0.2, 0.25) is 11.8 Å². The molecule has 1 atom stereocenters. The zero-order valence-electron chi connectivity index (χ0n) is 11.3. The summed E-state index contributed by atoms with van der Waals surface area (Å²) in [4.78, 5) is 22.7. The van der Waals surface area contributed by atoms with Crippen molar-refractivity contribution in [1.82, 2.24) is 0 Å². The standard InChI is InChI=1S/C13H19N3O2.ClH/c1-8-4-5-11(15-10(3)17)6-12(8)16-13(18)9(2)7-14;/h4-6,9H,7,14H2,1-3H3,(H,15,17)(H,16,18);1H. The summed E-state index contributed by atoms with van der Waals surface area (Å²) >= 11 is 0. The lowest BCUT2D eigenvalue weighted by Crippen LogP contribution is -2.27. The molecule has 0 saturated heterocycles. The van der Waals surface area contributed by atoms with Crippen LogP contribution in [0.1, 0.15) is 19.4 Å². The van der Waals surface area contributed by atoms with E-state index in [-0.39, 0.29) is 30.1 Å². The predicted octanol–water partition coefficient (Wildman–Crippen LogP) is 1.91. The van der Waals surface area contributed by atoms with Gasteiger partial charge in [0, 0.05) is 30.8 Å². The van der Waals surface area contributed by atoms with Crippen LogP contribution in [0.15, 0.2) is 18.2 Å². The maximum atomic E-state index is 11.8. The number of nitrogens with one attached hydrogen (secondary N) is 2. The smallest absolute Gasteiger partial charge is 0.228 e. The maximum absolute atomic E-state index is 11.8. The third-order valence-electron chi connectivity index (χ3n) is 2.62. The molecule has 2 amide bonds. The monoisotopic (exact) mass is 285 g/mol. The summed E-state index contributed by atoms with van der Waals surface area (Å²) < 4.78 is 0. The lowest BCUT2D eigenvalue weighted by Gasteiger charge is -2.13. The number of nitrogens with two attached hydrogens (primary N) is 1. The van der Waals surface area contributed by atoms with Gasteiger partial charge in [0.15, 0.2) is 0 Å². The highest BCUT2D eigenvalue weighted by atomic mass is 35.5. The molecular formula is C13H20ClN3O2. The van der Waals surface area contributed by atoms with Crippen molar-refractivity contribution in [2.45, 2.75) is 20.8 Å². The van der Waals surface area contributed by atoms with Crippen LogP contribution in [-0.2, 0) is 9.59 Å². The molecule has 0 heterocycles.